The average Bonchev–Trinajstić information content (AvgIpc) is 2.93. The molecule has 0 saturated heterocycles. The molecular formula is C14H19N3O4. The Balaban J connectivity index is 2.08. The van der Waals surface area contributed by atoms with Gasteiger partial charge in [-0.3, -0.25) is 0 Å². The molecule has 0 unspecified atom stereocenters. The van der Waals surface area contributed by atoms with Crippen LogP contribution in [-0.4, -0.2) is 38.9 Å². The number of aryl methyl sites for hydroxylation is 1. The number of nitrogens with zero attached hydrogens (tertiary/aromatic N) is 3. The van der Waals surface area contributed by atoms with Gasteiger partial charge in [0, 0.05) is 19.2 Å². The standard InChI is InChI=1S/C14H19N3O4/c1-20-11-4-2-5-12(8-11)21-10-14-13(9-19)15-16-17(14)6-3-7-18/h2,4-5,8,18-19H,3,6-7,9-10H2,1H3. The highest BCUT2D eigenvalue weighted by Gasteiger charge is 2.12. The summed E-state index contributed by atoms with van der Waals surface area (Å²) in [6, 6.07) is 7.27. The third-order valence-electron chi connectivity index (χ3n) is 3.01. The summed E-state index contributed by atoms with van der Waals surface area (Å²) < 4.78 is 12.5. The van der Waals surface area contributed by atoms with E-state index in [1.807, 2.05) is 18.2 Å². The predicted octanol–water partition coefficient (Wildman–Crippen LogP) is 0.740. The van der Waals surface area contributed by atoms with Gasteiger partial charge in [-0.15, -0.1) is 5.10 Å². The summed E-state index contributed by atoms with van der Waals surface area (Å²) in [7, 11) is 1.59. The van der Waals surface area contributed by atoms with Gasteiger partial charge in [0.15, 0.2) is 0 Å². The fraction of sp³-hybridized carbons (Fsp3) is 0.429. The molecule has 2 rings (SSSR count). The van der Waals surface area contributed by atoms with E-state index in [0.29, 0.717) is 35.9 Å². The lowest BCUT2D eigenvalue weighted by molar-refractivity contribution is 0.255. The number of hydrogen-bond donors (Lipinski definition) is 2. The number of ether oxygens (including phenoxy) is 2. The Morgan fingerprint density at radius 1 is 1.24 bits per heavy atom. The van der Waals surface area contributed by atoms with Crippen LogP contribution in [0.15, 0.2) is 24.3 Å². The second kappa shape index (κ2) is 7.61. The van der Waals surface area contributed by atoms with Crippen LogP contribution in [0.4, 0.5) is 0 Å². The van der Waals surface area contributed by atoms with Crippen LogP contribution in [-0.2, 0) is 19.8 Å². The maximum Gasteiger partial charge on any atom is 0.132 e. The Morgan fingerprint density at radius 3 is 2.76 bits per heavy atom. The minimum atomic E-state index is -0.198. The second-order valence-electron chi connectivity index (χ2n) is 4.41. The fourth-order valence-electron chi connectivity index (χ4n) is 1.89. The molecule has 114 valence electrons. The van der Waals surface area contributed by atoms with E-state index in [1.54, 1.807) is 17.9 Å². The van der Waals surface area contributed by atoms with Crippen molar-refractivity contribution in [2.75, 3.05) is 13.7 Å². The van der Waals surface area contributed by atoms with E-state index in [1.165, 1.54) is 0 Å². The van der Waals surface area contributed by atoms with Gasteiger partial charge < -0.3 is 19.7 Å². The van der Waals surface area contributed by atoms with Gasteiger partial charge in [-0.2, -0.15) is 0 Å². The number of hydrogen-bond acceptors (Lipinski definition) is 6. The topological polar surface area (TPSA) is 89.6 Å². The van der Waals surface area contributed by atoms with Crippen molar-refractivity contribution in [2.24, 2.45) is 0 Å². The Labute approximate surface area is 122 Å². The molecule has 0 aliphatic carbocycles. The highest BCUT2D eigenvalue weighted by molar-refractivity contribution is 5.33. The summed E-state index contributed by atoms with van der Waals surface area (Å²) in [5.74, 6) is 1.37. The van der Waals surface area contributed by atoms with Crippen LogP contribution in [0, 0.1) is 0 Å². The third kappa shape index (κ3) is 3.93. The van der Waals surface area contributed by atoms with Crippen LogP contribution < -0.4 is 9.47 Å². The first-order chi connectivity index (χ1) is 10.3. The zero-order valence-electron chi connectivity index (χ0n) is 11.9. The molecule has 1 aromatic heterocycles. The average molecular weight is 293 g/mol. The molecule has 0 spiro atoms. The molecule has 0 radical (unpaired) electrons. The van der Waals surface area contributed by atoms with Crippen LogP contribution in [0.3, 0.4) is 0 Å². The molecule has 0 atom stereocenters. The molecule has 1 aromatic carbocycles. The van der Waals surface area contributed by atoms with Gasteiger partial charge in [0.2, 0.25) is 0 Å². The van der Waals surface area contributed by atoms with Gasteiger partial charge >= 0.3 is 0 Å². The smallest absolute Gasteiger partial charge is 0.132 e. The molecule has 0 aliphatic heterocycles. The van der Waals surface area contributed by atoms with Crippen molar-refractivity contribution in [3.63, 3.8) is 0 Å². The SMILES string of the molecule is COc1cccc(OCc2c(CO)nnn2CCCO)c1. The lowest BCUT2D eigenvalue weighted by Gasteiger charge is -2.10. The van der Waals surface area contributed by atoms with Crippen molar-refractivity contribution in [1.82, 2.24) is 15.0 Å². The first-order valence-corrected chi connectivity index (χ1v) is 6.68. The lowest BCUT2D eigenvalue weighted by Crippen LogP contribution is -2.10. The predicted molar refractivity (Wildman–Crippen MR) is 75.0 cm³/mol. The quantitative estimate of drug-likeness (QED) is 0.746. The van der Waals surface area contributed by atoms with Gasteiger partial charge in [-0.25, -0.2) is 4.68 Å². The van der Waals surface area contributed by atoms with Gasteiger partial charge in [0.25, 0.3) is 0 Å². The molecule has 0 fully saturated rings. The molecular weight excluding hydrogens is 274 g/mol. The molecule has 2 aromatic rings. The van der Waals surface area contributed by atoms with Crippen molar-refractivity contribution >= 4 is 0 Å². The van der Waals surface area contributed by atoms with Gasteiger partial charge in [-0.05, 0) is 18.6 Å². The maximum atomic E-state index is 9.30. The highest BCUT2D eigenvalue weighted by Crippen LogP contribution is 2.20. The molecule has 0 aliphatic rings. The van der Waals surface area contributed by atoms with E-state index in [2.05, 4.69) is 10.3 Å². The summed E-state index contributed by atoms with van der Waals surface area (Å²) >= 11 is 0. The van der Waals surface area contributed by atoms with E-state index in [-0.39, 0.29) is 19.8 Å². The normalized spacial score (nSPS) is 10.6. The van der Waals surface area contributed by atoms with Crippen molar-refractivity contribution in [3.05, 3.63) is 35.7 Å². The van der Waals surface area contributed by atoms with Gasteiger partial charge in [-0.1, -0.05) is 11.3 Å². The first-order valence-electron chi connectivity index (χ1n) is 6.68. The van der Waals surface area contributed by atoms with Crippen molar-refractivity contribution < 1.29 is 19.7 Å². The van der Waals surface area contributed by atoms with Crippen LogP contribution in [0.25, 0.3) is 0 Å². The molecule has 21 heavy (non-hydrogen) atoms. The van der Waals surface area contributed by atoms with Crippen LogP contribution in [0.1, 0.15) is 17.8 Å². The highest BCUT2D eigenvalue weighted by atomic mass is 16.5. The van der Waals surface area contributed by atoms with E-state index in [4.69, 9.17) is 14.6 Å². The summed E-state index contributed by atoms with van der Waals surface area (Å²) in [5, 5.41) is 26.1. The number of aromatic nitrogens is 3. The van der Waals surface area contributed by atoms with E-state index < -0.39 is 0 Å². The zero-order chi connectivity index (χ0) is 15.1. The number of aliphatic hydroxyl groups is 2. The number of aliphatic hydroxyl groups excluding tert-OH is 2. The van der Waals surface area contributed by atoms with Crippen molar-refractivity contribution in [2.45, 2.75) is 26.2 Å². The first kappa shape index (κ1) is 15.3. The summed E-state index contributed by atoms with van der Waals surface area (Å²) in [6.07, 6.45) is 0.570. The zero-order valence-corrected chi connectivity index (χ0v) is 11.9. The molecule has 2 N–H and O–H groups in total. The van der Waals surface area contributed by atoms with Crippen LogP contribution >= 0.6 is 0 Å². The monoisotopic (exact) mass is 293 g/mol. The van der Waals surface area contributed by atoms with Gasteiger partial charge in [0.1, 0.15) is 29.5 Å². The minimum absolute atomic E-state index is 0.0739. The Morgan fingerprint density at radius 2 is 2.05 bits per heavy atom. The maximum absolute atomic E-state index is 9.30. The molecule has 7 nitrogen and oxygen atoms in total. The lowest BCUT2D eigenvalue weighted by atomic mass is 10.3. The molecule has 0 bridgehead atoms. The summed E-state index contributed by atoms with van der Waals surface area (Å²) in [4.78, 5) is 0. The van der Waals surface area contributed by atoms with Crippen molar-refractivity contribution in [1.29, 1.82) is 0 Å². The van der Waals surface area contributed by atoms with E-state index >= 15 is 0 Å². The third-order valence-corrected chi connectivity index (χ3v) is 3.01. The number of methoxy groups -OCH3 is 1. The van der Waals surface area contributed by atoms with E-state index in [9.17, 15) is 5.11 Å². The van der Waals surface area contributed by atoms with Crippen LogP contribution in [0.2, 0.25) is 0 Å². The Bertz CT molecular complexity index is 571. The number of rotatable bonds is 8. The second-order valence-corrected chi connectivity index (χ2v) is 4.41. The summed E-state index contributed by atoms with van der Waals surface area (Å²) in [6.45, 7) is 0.641. The molecule has 0 saturated carbocycles. The largest absolute Gasteiger partial charge is 0.497 e. The minimum Gasteiger partial charge on any atom is -0.497 e. The Kier molecular flexibility index (Phi) is 5.53. The molecule has 7 heteroatoms. The molecule has 1 heterocycles. The number of benzene rings is 1. The van der Waals surface area contributed by atoms with E-state index in [0.717, 1.165) is 0 Å². The van der Waals surface area contributed by atoms with Crippen molar-refractivity contribution in [3.8, 4) is 11.5 Å². The fourth-order valence-corrected chi connectivity index (χ4v) is 1.89. The Hall–Kier alpha value is -2.12. The van der Waals surface area contributed by atoms with Crippen LogP contribution in [0.5, 0.6) is 11.5 Å². The van der Waals surface area contributed by atoms with Gasteiger partial charge in [0.05, 0.1) is 13.7 Å². The molecule has 0 amide bonds. The summed E-state index contributed by atoms with van der Waals surface area (Å²) in [5.41, 5.74) is 1.18.